The van der Waals surface area contributed by atoms with E-state index in [1.165, 1.54) is 12.1 Å². The van der Waals surface area contributed by atoms with E-state index in [2.05, 4.69) is 0 Å². The van der Waals surface area contributed by atoms with Crippen LogP contribution in [0.1, 0.15) is 19.3 Å². The van der Waals surface area contributed by atoms with Crippen molar-refractivity contribution in [3.63, 3.8) is 0 Å². The number of amides is 1. The van der Waals surface area contributed by atoms with E-state index in [9.17, 15) is 14.3 Å². The molecule has 1 aromatic rings. The van der Waals surface area contributed by atoms with Crippen LogP contribution in [0, 0.1) is 5.82 Å². The van der Waals surface area contributed by atoms with Crippen molar-refractivity contribution in [2.45, 2.75) is 24.9 Å². The Hall–Kier alpha value is -1.66. The average molecular weight is 322 g/mol. The highest BCUT2D eigenvalue weighted by Crippen LogP contribution is 2.23. The molecule has 1 unspecified atom stereocenters. The first-order valence-corrected chi connectivity index (χ1v) is 8.15. The van der Waals surface area contributed by atoms with Gasteiger partial charge in [0.1, 0.15) is 23.8 Å². The van der Waals surface area contributed by atoms with E-state index >= 15 is 0 Å². The van der Waals surface area contributed by atoms with Crippen molar-refractivity contribution in [3.05, 3.63) is 30.1 Å². The summed E-state index contributed by atoms with van der Waals surface area (Å²) in [5.41, 5.74) is -0.988. The number of ether oxygens (including phenoxy) is 1. The van der Waals surface area contributed by atoms with Gasteiger partial charge in [0.25, 0.3) is 0 Å². The zero-order valence-electron chi connectivity index (χ0n) is 13.2. The third kappa shape index (κ3) is 4.20. The molecule has 2 aliphatic rings. The van der Waals surface area contributed by atoms with Gasteiger partial charge in [-0.15, -0.1) is 0 Å². The average Bonchev–Trinajstić information content (AvgIpc) is 3.16. The van der Waals surface area contributed by atoms with E-state index in [-0.39, 0.29) is 18.3 Å². The maximum Gasteiger partial charge on any atom is 0.236 e. The molecular formula is C17H23FN2O3. The first-order valence-electron chi connectivity index (χ1n) is 8.15. The van der Waals surface area contributed by atoms with Crippen LogP contribution >= 0.6 is 0 Å². The van der Waals surface area contributed by atoms with E-state index in [1.807, 2.05) is 9.80 Å². The van der Waals surface area contributed by atoms with Gasteiger partial charge >= 0.3 is 0 Å². The van der Waals surface area contributed by atoms with Gasteiger partial charge in [0.05, 0.1) is 6.54 Å². The van der Waals surface area contributed by atoms with Gasteiger partial charge in [-0.25, -0.2) is 4.39 Å². The van der Waals surface area contributed by atoms with E-state index in [4.69, 9.17) is 4.74 Å². The largest absolute Gasteiger partial charge is 0.490 e. The Kier molecular flexibility index (Phi) is 4.82. The Morgan fingerprint density at radius 3 is 2.83 bits per heavy atom. The molecule has 2 heterocycles. The van der Waals surface area contributed by atoms with Crippen LogP contribution in [0.4, 0.5) is 4.39 Å². The van der Waals surface area contributed by atoms with Gasteiger partial charge in [0.2, 0.25) is 5.91 Å². The Morgan fingerprint density at radius 1 is 1.30 bits per heavy atom. The summed E-state index contributed by atoms with van der Waals surface area (Å²) in [7, 11) is 0. The highest BCUT2D eigenvalue weighted by Gasteiger charge is 2.38. The number of carbonyl (C=O) groups excluding carboxylic acids is 1. The Labute approximate surface area is 135 Å². The molecular weight excluding hydrogens is 299 g/mol. The molecule has 0 spiro atoms. The van der Waals surface area contributed by atoms with Crippen molar-refractivity contribution in [2.75, 3.05) is 39.3 Å². The Balaban J connectivity index is 1.48. The van der Waals surface area contributed by atoms with Gasteiger partial charge in [-0.1, -0.05) is 6.07 Å². The standard InChI is InChI=1S/C17H23FN2O3/c18-14-4-3-5-15(10-14)23-13-17(22)6-9-19(12-17)11-16(21)20-7-1-2-8-20/h3-5,10,22H,1-2,6-9,11-13H2. The highest BCUT2D eigenvalue weighted by atomic mass is 19.1. The number of likely N-dealkylation sites (tertiary alicyclic amines) is 2. The second-order valence-electron chi connectivity index (χ2n) is 6.52. The molecule has 1 N–H and O–H groups in total. The second kappa shape index (κ2) is 6.84. The van der Waals surface area contributed by atoms with Crippen LogP contribution in [0.5, 0.6) is 5.75 Å². The van der Waals surface area contributed by atoms with Crippen LogP contribution < -0.4 is 4.74 Å². The van der Waals surface area contributed by atoms with Crippen LogP contribution in [0.3, 0.4) is 0 Å². The van der Waals surface area contributed by atoms with Crippen LogP contribution in [0.25, 0.3) is 0 Å². The quantitative estimate of drug-likeness (QED) is 0.887. The molecule has 6 heteroatoms. The maximum absolute atomic E-state index is 13.1. The lowest BCUT2D eigenvalue weighted by atomic mass is 10.1. The zero-order chi connectivity index (χ0) is 16.3. The summed E-state index contributed by atoms with van der Waals surface area (Å²) >= 11 is 0. The SMILES string of the molecule is O=C(CN1CCC(O)(COc2cccc(F)c2)C1)N1CCCC1. The summed E-state index contributed by atoms with van der Waals surface area (Å²) in [5.74, 6) is 0.182. The number of nitrogens with zero attached hydrogens (tertiary/aromatic N) is 2. The van der Waals surface area contributed by atoms with Gasteiger partial charge in [-0.3, -0.25) is 9.69 Å². The number of benzene rings is 1. The van der Waals surface area contributed by atoms with Gasteiger partial charge < -0.3 is 14.7 Å². The predicted molar refractivity (Wildman–Crippen MR) is 83.7 cm³/mol. The molecule has 126 valence electrons. The summed E-state index contributed by atoms with van der Waals surface area (Å²) < 4.78 is 18.6. The zero-order valence-corrected chi connectivity index (χ0v) is 13.2. The number of hydrogen-bond acceptors (Lipinski definition) is 4. The minimum absolute atomic E-state index is 0.102. The molecule has 2 saturated heterocycles. The van der Waals surface area contributed by atoms with Crippen molar-refractivity contribution in [1.29, 1.82) is 0 Å². The molecule has 0 aliphatic carbocycles. The van der Waals surface area contributed by atoms with Crippen LogP contribution in [-0.4, -0.2) is 65.7 Å². The maximum atomic E-state index is 13.1. The number of aliphatic hydroxyl groups is 1. The molecule has 1 atom stereocenters. The van der Waals surface area contributed by atoms with Crippen molar-refractivity contribution in [2.24, 2.45) is 0 Å². The number of β-amino-alcohol motifs (C(OH)–C–C–N with tert-alkyl or cyclic N) is 1. The summed E-state index contributed by atoms with van der Waals surface area (Å²) in [6.07, 6.45) is 2.71. The molecule has 1 amide bonds. The Morgan fingerprint density at radius 2 is 2.09 bits per heavy atom. The van der Waals surface area contributed by atoms with Gasteiger partial charge in [-0.05, 0) is 31.4 Å². The number of halogens is 1. The van der Waals surface area contributed by atoms with Crippen LogP contribution in [0.15, 0.2) is 24.3 Å². The van der Waals surface area contributed by atoms with Gasteiger partial charge in [-0.2, -0.15) is 0 Å². The first-order chi connectivity index (χ1) is 11.0. The smallest absolute Gasteiger partial charge is 0.236 e. The van der Waals surface area contributed by atoms with Crippen molar-refractivity contribution >= 4 is 5.91 Å². The molecule has 2 fully saturated rings. The molecule has 0 bridgehead atoms. The molecule has 0 aromatic heterocycles. The fourth-order valence-corrected chi connectivity index (χ4v) is 3.23. The van der Waals surface area contributed by atoms with Gasteiger partial charge in [0.15, 0.2) is 0 Å². The lowest BCUT2D eigenvalue weighted by Gasteiger charge is -2.24. The summed E-state index contributed by atoms with van der Waals surface area (Å²) in [6.45, 7) is 3.22. The van der Waals surface area contributed by atoms with Crippen LogP contribution in [0.2, 0.25) is 0 Å². The van der Waals surface area contributed by atoms with E-state index in [1.54, 1.807) is 12.1 Å². The molecule has 3 rings (SSSR count). The third-order valence-corrected chi connectivity index (χ3v) is 4.53. The van der Waals surface area contributed by atoms with E-state index < -0.39 is 5.60 Å². The van der Waals surface area contributed by atoms with E-state index in [0.717, 1.165) is 25.9 Å². The highest BCUT2D eigenvalue weighted by molar-refractivity contribution is 5.78. The first kappa shape index (κ1) is 16.2. The van der Waals surface area contributed by atoms with Crippen molar-refractivity contribution in [1.82, 2.24) is 9.80 Å². The second-order valence-corrected chi connectivity index (χ2v) is 6.52. The topological polar surface area (TPSA) is 53.0 Å². The molecule has 23 heavy (non-hydrogen) atoms. The fourth-order valence-electron chi connectivity index (χ4n) is 3.23. The summed E-state index contributed by atoms with van der Waals surface area (Å²) in [6, 6.07) is 5.89. The summed E-state index contributed by atoms with van der Waals surface area (Å²) in [4.78, 5) is 16.0. The minimum Gasteiger partial charge on any atom is -0.490 e. The molecule has 0 radical (unpaired) electrons. The molecule has 0 saturated carbocycles. The number of rotatable bonds is 5. The van der Waals surface area contributed by atoms with Crippen molar-refractivity contribution < 1.29 is 19.0 Å². The molecule has 5 nitrogen and oxygen atoms in total. The van der Waals surface area contributed by atoms with Crippen LogP contribution in [-0.2, 0) is 4.79 Å². The normalized spacial score (nSPS) is 25.0. The molecule has 2 aliphatic heterocycles. The third-order valence-electron chi connectivity index (χ3n) is 4.53. The predicted octanol–water partition coefficient (Wildman–Crippen LogP) is 1.26. The van der Waals surface area contributed by atoms with Gasteiger partial charge in [0, 0.05) is 32.2 Å². The number of hydrogen-bond donors (Lipinski definition) is 1. The minimum atomic E-state index is -0.988. The molecule has 1 aromatic carbocycles. The monoisotopic (exact) mass is 322 g/mol. The lowest BCUT2D eigenvalue weighted by molar-refractivity contribution is -0.131. The fraction of sp³-hybridized carbons (Fsp3) is 0.588. The van der Waals surface area contributed by atoms with Crippen molar-refractivity contribution in [3.8, 4) is 5.75 Å². The summed E-state index contributed by atoms with van der Waals surface area (Å²) in [5, 5.41) is 10.6. The number of carbonyl (C=O) groups is 1. The lowest BCUT2D eigenvalue weighted by Crippen LogP contribution is -2.42. The van der Waals surface area contributed by atoms with E-state index in [0.29, 0.717) is 31.8 Å². The Bertz CT molecular complexity index is 563.